The molecular formula is C23H22N4O5. The van der Waals surface area contributed by atoms with Gasteiger partial charge >= 0.3 is 0 Å². The molecule has 0 unspecified atom stereocenters. The maximum Gasteiger partial charge on any atom is 0.271 e. The SMILES string of the molecule is COc1ccccc1NC(=O)COc1ccc(/C=N\NC(=O)c2ccncc2)cc1OC. The summed E-state index contributed by atoms with van der Waals surface area (Å²) in [5.74, 6) is 0.663. The van der Waals surface area contributed by atoms with Crippen molar-refractivity contribution < 1.29 is 23.8 Å². The summed E-state index contributed by atoms with van der Waals surface area (Å²) in [5, 5.41) is 6.68. The van der Waals surface area contributed by atoms with E-state index >= 15 is 0 Å². The first-order valence-electron chi connectivity index (χ1n) is 9.58. The molecule has 9 heteroatoms. The zero-order valence-corrected chi connectivity index (χ0v) is 17.6. The highest BCUT2D eigenvalue weighted by molar-refractivity contribution is 5.95. The zero-order valence-electron chi connectivity index (χ0n) is 17.6. The molecule has 3 rings (SSSR count). The van der Waals surface area contributed by atoms with Crippen LogP contribution in [0, 0.1) is 0 Å². The Bertz CT molecular complexity index is 1100. The summed E-state index contributed by atoms with van der Waals surface area (Å²) in [4.78, 5) is 28.1. The van der Waals surface area contributed by atoms with Crippen LogP contribution in [0.3, 0.4) is 0 Å². The minimum atomic E-state index is -0.350. The van der Waals surface area contributed by atoms with Crippen LogP contribution >= 0.6 is 0 Å². The van der Waals surface area contributed by atoms with Crippen molar-refractivity contribution in [3.63, 3.8) is 0 Å². The molecule has 1 aromatic heterocycles. The average molecular weight is 434 g/mol. The molecule has 0 aliphatic carbocycles. The quantitative estimate of drug-likeness (QED) is 0.396. The molecule has 2 aromatic carbocycles. The van der Waals surface area contributed by atoms with Crippen molar-refractivity contribution in [1.82, 2.24) is 10.4 Å². The minimum absolute atomic E-state index is 0.218. The van der Waals surface area contributed by atoms with Crippen LogP contribution in [0.5, 0.6) is 17.2 Å². The van der Waals surface area contributed by atoms with Crippen molar-refractivity contribution in [3.05, 3.63) is 78.1 Å². The summed E-state index contributed by atoms with van der Waals surface area (Å²) in [6.45, 7) is -0.218. The Kier molecular flexibility index (Phi) is 7.74. The van der Waals surface area contributed by atoms with Gasteiger partial charge in [0, 0.05) is 18.0 Å². The highest BCUT2D eigenvalue weighted by atomic mass is 16.5. The standard InChI is InChI=1S/C23H22N4O5/c1-30-19-6-4-3-5-18(19)26-22(28)15-32-20-8-7-16(13-21(20)31-2)14-25-27-23(29)17-9-11-24-12-10-17/h3-14H,15H2,1-2H3,(H,26,28)(H,27,29)/b25-14-. The van der Waals surface area contributed by atoms with E-state index in [-0.39, 0.29) is 18.4 Å². The molecule has 0 aliphatic heterocycles. The Morgan fingerprint density at radius 2 is 1.72 bits per heavy atom. The van der Waals surface area contributed by atoms with E-state index in [2.05, 4.69) is 20.8 Å². The molecule has 2 amide bonds. The van der Waals surface area contributed by atoms with E-state index in [4.69, 9.17) is 14.2 Å². The van der Waals surface area contributed by atoms with Crippen LogP contribution in [0.15, 0.2) is 72.1 Å². The monoisotopic (exact) mass is 434 g/mol. The smallest absolute Gasteiger partial charge is 0.271 e. The normalized spacial score (nSPS) is 10.4. The number of carbonyl (C=O) groups excluding carboxylic acids is 2. The van der Waals surface area contributed by atoms with Gasteiger partial charge in [-0.25, -0.2) is 5.43 Å². The number of methoxy groups -OCH3 is 2. The van der Waals surface area contributed by atoms with Crippen molar-refractivity contribution in [1.29, 1.82) is 0 Å². The number of carbonyl (C=O) groups is 2. The number of pyridine rings is 1. The summed E-state index contributed by atoms with van der Waals surface area (Å²) in [6, 6.07) is 15.3. The van der Waals surface area contributed by atoms with E-state index < -0.39 is 0 Å². The molecule has 0 radical (unpaired) electrons. The Hall–Kier alpha value is -4.40. The largest absolute Gasteiger partial charge is 0.495 e. The fourth-order valence-corrected chi connectivity index (χ4v) is 2.69. The molecule has 164 valence electrons. The number of amides is 2. The lowest BCUT2D eigenvalue weighted by molar-refractivity contribution is -0.118. The van der Waals surface area contributed by atoms with Crippen LogP contribution in [0.25, 0.3) is 0 Å². The molecule has 0 saturated heterocycles. The molecule has 0 bridgehead atoms. The van der Waals surface area contributed by atoms with Crippen LogP contribution in [0.4, 0.5) is 5.69 Å². The van der Waals surface area contributed by atoms with Crippen molar-refractivity contribution in [3.8, 4) is 17.2 Å². The summed E-state index contributed by atoms with van der Waals surface area (Å²) in [5.41, 5.74) is 4.11. The maximum atomic E-state index is 12.2. The van der Waals surface area contributed by atoms with E-state index in [1.807, 2.05) is 6.07 Å². The van der Waals surface area contributed by atoms with Gasteiger partial charge in [-0.15, -0.1) is 0 Å². The molecular weight excluding hydrogens is 412 g/mol. The van der Waals surface area contributed by atoms with Crippen LogP contribution in [0.2, 0.25) is 0 Å². The third-order valence-electron chi connectivity index (χ3n) is 4.25. The minimum Gasteiger partial charge on any atom is -0.495 e. The summed E-state index contributed by atoms with van der Waals surface area (Å²) in [6.07, 6.45) is 4.53. The van der Waals surface area contributed by atoms with E-state index in [1.54, 1.807) is 48.5 Å². The number of hydrogen-bond donors (Lipinski definition) is 2. The molecule has 0 fully saturated rings. The van der Waals surface area contributed by atoms with Gasteiger partial charge in [-0.1, -0.05) is 12.1 Å². The van der Waals surface area contributed by atoms with Crippen molar-refractivity contribution in [2.24, 2.45) is 5.10 Å². The third kappa shape index (κ3) is 6.05. The number of hydrazone groups is 1. The van der Waals surface area contributed by atoms with E-state index in [0.29, 0.717) is 34.1 Å². The first-order chi connectivity index (χ1) is 15.6. The molecule has 0 saturated carbocycles. The molecule has 0 spiro atoms. The number of nitrogens with zero attached hydrogens (tertiary/aromatic N) is 2. The number of rotatable bonds is 9. The lowest BCUT2D eigenvalue weighted by Gasteiger charge is -2.12. The second kappa shape index (κ2) is 11.1. The van der Waals surface area contributed by atoms with Crippen molar-refractivity contribution >= 4 is 23.7 Å². The molecule has 3 aromatic rings. The van der Waals surface area contributed by atoms with Gasteiger partial charge in [0.2, 0.25) is 0 Å². The first kappa shape index (κ1) is 22.3. The van der Waals surface area contributed by atoms with Crippen molar-refractivity contribution in [2.45, 2.75) is 0 Å². The van der Waals surface area contributed by atoms with Gasteiger partial charge in [-0.3, -0.25) is 14.6 Å². The van der Waals surface area contributed by atoms with Crippen LogP contribution in [-0.2, 0) is 4.79 Å². The van der Waals surface area contributed by atoms with Gasteiger partial charge in [0.15, 0.2) is 18.1 Å². The third-order valence-corrected chi connectivity index (χ3v) is 4.25. The Labute approximate surface area is 185 Å². The van der Waals surface area contributed by atoms with Crippen LogP contribution in [0.1, 0.15) is 15.9 Å². The molecule has 2 N–H and O–H groups in total. The topological polar surface area (TPSA) is 111 Å². The van der Waals surface area contributed by atoms with Gasteiger partial charge in [0.05, 0.1) is 26.1 Å². The van der Waals surface area contributed by atoms with E-state index in [1.165, 1.54) is 32.8 Å². The Morgan fingerprint density at radius 1 is 0.969 bits per heavy atom. The van der Waals surface area contributed by atoms with Gasteiger partial charge in [-0.2, -0.15) is 5.10 Å². The predicted octanol–water partition coefficient (Wildman–Crippen LogP) is 2.88. The van der Waals surface area contributed by atoms with Gasteiger partial charge in [-0.05, 0) is 48.0 Å². The van der Waals surface area contributed by atoms with Gasteiger partial charge in [0.1, 0.15) is 5.75 Å². The Balaban J connectivity index is 1.57. The van der Waals surface area contributed by atoms with Crippen LogP contribution < -0.4 is 25.0 Å². The molecule has 0 atom stereocenters. The second-order valence-corrected chi connectivity index (χ2v) is 6.38. The van der Waals surface area contributed by atoms with Gasteiger partial charge in [0.25, 0.3) is 11.8 Å². The number of aromatic nitrogens is 1. The van der Waals surface area contributed by atoms with Crippen LogP contribution in [-0.4, -0.2) is 43.8 Å². The fraction of sp³-hybridized carbons (Fsp3) is 0.130. The van der Waals surface area contributed by atoms with Crippen molar-refractivity contribution in [2.75, 3.05) is 26.1 Å². The average Bonchev–Trinajstić information content (AvgIpc) is 2.83. The second-order valence-electron chi connectivity index (χ2n) is 6.38. The number of ether oxygens (including phenoxy) is 3. The van der Waals surface area contributed by atoms with Gasteiger partial charge < -0.3 is 19.5 Å². The lowest BCUT2D eigenvalue weighted by Crippen LogP contribution is -2.20. The maximum absolute atomic E-state index is 12.2. The number of nitrogens with one attached hydrogen (secondary N) is 2. The van der Waals surface area contributed by atoms with E-state index in [0.717, 1.165) is 0 Å². The number of hydrogen-bond acceptors (Lipinski definition) is 7. The number of benzene rings is 2. The summed E-state index contributed by atoms with van der Waals surface area (Å²) in [7, 11) is 3.02. The highest BCUT2D eigenvalue weighted by Gasteiger charge is 2.11. The van der Waals surface area contributed by atoms with E-state index in [9.17, 15) is 9.59 Å². The summed E-state index contributed by atoms with van der Waals surface area (Å²) < 4.78 is 16.1. The molecule has 9 nitrogen and oxygen atoms in total. The highest BCUT2D eigenvalue weighted by Crippen LogP contribution is 2.28. The molecule has 0 aliphatic rings. The Morgan fingerprint density at radius 3 is 2.47 bits per heavy atom. The predicted molar refractivity (Wildman–Crippen MR) is 119 cm³/mol. The number of para-hydroxylation sites is 2. The fourth-order valence-electron chi connectivity index (χ4n) is 2.69. The number of anilines is 1. The zero-order chi connectivity index (χ0) is 22.8. The lowest BCUT2D eigenvalue weighted by atomic mass is 10.2. The first-order valence-corrected chi connectivity index (χ1v) is 9.58. The molecule has 32 heavy (non-hydrogen) atoms. The molecule has 1 heterocycles. The summed E-state index contributed by atoms with van der Waals surface area (Å²) >= 11 is 0.